The van der Waals surface area contributed by atoms with E-state index in [0.29, 0.717) is 16.9 Å². The van der Waals surface area contributed by atoms with E-state index in [-0.39, 0.29) is 5.75 Å². The van der Waals surface area contributed by atoms with Crippen LogP contribution in [0.5, 0.6) is 5.75 Å². The van der Waals surface area contributed by atoms with Crippen molar-refractivity contribution in [2.45, 2.75) is 38.0 Å². The average molecular weight is 287 g/mol. The molecule has 0 heterocycles. The molecule has 2 aromatic rings. The fourth-order valence-electron chi connectivity index (χ4n) is 2.99. The summed E-state index contributed by atoms with van der Waals surface area (Å²) >= 11 is 6.24. The van der Waals surface area contributed by atoms with Crippen LogP contribution in [-0.2, 0) is 6.42 Å². The average Bonchev–Trinajstić information content (AvgIpc) is 3.20. The Morgan fingerprint density at radius 1 is 1.15 bits per heavy atom. The molecule has 1 nitrogen and oxygen atoms in total. The molecule has 0 aromatic heterocycles. The van der Waals surface area contributed by atoms with Crippen molar-refractivity contribution in [3.8, 4) is 5.75 Å². The molecule has 1 aliphatic rings. The number of aromatic hydroxyl groups is 1. The largest absolute Gasteiger partial charge is 0.508 e. The second-order valence-electron chi connectivity index (χ2n) is 5.65. The lowest BCUT2D eigenvalue weighted by molar-refractivity contribution is 0.475. The van der Waals surface area contributed by atoms with Crippen LogP contribution in [0.15, 0.2) is 42.5 Å². The highest BCUT2D eigenvalue weighted by atomic mass is 35.5. The third kappa shape index (κ3) is 2.69. The second kappa shape index (κ2) is 5.49. The van der Waals surface area contributed by atoms with Crippen LogP contribution in [0.3, 0.4) is 0 Å². The van der Waals surface area contributed by atoms with Gasteiger partial charge in [-0.25, -0.2) is 0 Å². The smallest absolute Gasteiger partial charge is 0.117 e. The first kappa shape index (κ1) is 13.5. The number of phenolic OH excluding ortho intramolecular Hbond substituents is 1. The van der Waals surface area contributed by atoms with E-state index in [9.17, 15) is 5.11 Å². The number of hydrogen-bond donors (Lipinski definition) is 1. The van der Waals surface area contributed by atoms with Crippen molar-refractivity contribution in [2.75, 3.05) is 0 Å². The van der Waals surface area contributed by atoms with E-state index in [1.165, 1.54) is 17.5 Å². The van der Waals surface area contributed by atoms with Crippen molar-refractivity contribution in [2.24, 2.45) is 0 Å². The third-order valence-electron chi connectivity index (χ3n) is 4.09. The zero-order valence-electron chi connectivity index (χ0n) is 11.6. The second-order valence-corrected chi connectivity index (χ2v) is 6.06. The summed E-state index contributed by atoms with van der Waals surface area (Å²) in [6, 6.07) is 14.2. The molecular weight excluding hydrogens is 268 g/mol. The SMILES string of the molecule is CCCc1cccc(C2CC2c2ccc(O)cc2Cl)c1. The third-order valence-corrected chi connectivity index (χ3v) is 4.42. The topological polar surface area (TPSA) is 20.2 Å². The van der Waals surface area contributed by atoms with Gasteiger partial charge >= 0.3 is 0 Å². The van der Waals surface area contributed by atoms with Crippen LogP contribution in [0.1, 0.15) is 48.3 Å². The summed E-state index contributed by atoms with van der Waals surface area (Å²) in [5, 5.41) is 10.1. The maximum Gasteiger partial charge on any atom is 0.117 e. The molecule has 2 atom stereocenters. The fraction of sp³-hybridized carbons (Fsp3) is 0.333. The van der Waals surface area contributed by atoms with E-state index in [1.807, 2.05) is 6.07 Å². The quantitative estimate of drug-likeness (QED) is 0.812. The molecule has 2 unspecified atom stereocenters. The summed E-state index contributed by atoms with van der Waals surface area (Å²) in [6.07, 6.45) is 3.48. The number of rotatable bonds is 4. The first-order chi connectivity index (χ1) is 9.69. The van der Waals surface area contributed by atoms with E-state index in [4.69, 9.17) is 11.6 Å². The van der Waals surface area contributed by atoms with Crippen molar-refractivity contribution in [1.82, 2.24) is 0 Å². The summed E-state index contributed by atoms with van der Waals surface area (Å²) in [5.41, 5.74) is 4.01. The minimum Gasteiger partial charge on any atom is -0.508 e. The van der Waals surface area contributed by atoms with Gasteiger partial charge < -0.3 is 5.11 Å². The Labute approximate surface area is 125 Å². The molecule has 2 aromatic carbocycles. The van der Waals surface area contributed by atoms with Crippen LogP contribution in [-0.4, -0.2) is 5.11 Å². The summed E-state index contributed by atoms with van der Waals surface area (Å²) in [5.74, 6) is 1.31. The summed E-state index contributed by atoms with van der Waals surface area (Å²) < 4.78 is 0. The van der Waals surface area contributed by atoms with E-state index in [1.54, 1.807) is 12.1 Å². The molecule has 0 saturated heterocycles. The van der Waals surface area contributed by atoms with Crippen molar-refractivity contribution in [3.63, 3.8) is 0 Å². The first-order valence-electron chi connectivity index (χ1n) is 7.26. The summed E-state index contributed by atoms with van der Waals surface area (Å²) in [7, 11) is 0. The fourth-order valence-corrected chi connectivity index (χ4v) is 3.31. The van der Waals surface area contributed by atoms with Crippen molar-refractivity contribution >= 4 is 11.6 Å². The molecule has 0 bridgehead atoms. The minimum absolute atomic E-state index is 0.237. The zero-order chi connectivity index (χ0) is 14.1. The van der Waals surface area contributed by atoms with Gasteiger partial charge in [-0.05, 0) is 53.5 Å². The number of benzene rings is 2. The van der Waals surface area contributed by atoms with E-state index in [0.717, 1.165) is 18.4 Å². The van der Waals surface area contributed by atoms with Crippen molar-refractivity contribution < 1.29 is 5.11 Å². The number of halogens is 1. The van der Waals surface area contributed by atoms with Gasteiger partial charge in [0.05, 0.1) is 0 Å². The first-order valence-corrected chi connectivity index (χ1v) is 7.64. The van der Waals surface area contributed by atoms with Crippen LogP contribution in [0, 0.1) is 0 Å². The van der Waals surface area contributed by atoms with Crippen molar-refractivity contribution in [3.05, 3.63) is 64.2 Å². The van der Waals surface area contributed by atoms with Gasteiger partial charge in [0.2, 0.25) is 0 Å². The Hall–Kier alpha value is -1.47. The van der Waals surface area contributed by atoms with Gasteiger partial charge in [-0.15, -0.1) is 0 Å². The predicted molar refractivity (Wildman–Crippen MR) is 83.7 cm³/mol. The monoisotopic (exact) mass is 286 g/mol. The van der Waals surface area contributed by atoms with Gasteiger partial charge in [0.15, 0.2) is 0 Å². The molecular formula is C18H19ClO. The molecule has 0 spiro atoms. The number of hydrogen-bond acceptors (Lipinski definition) is 1. The Kier molecular flexibility index (Phi) is 3.71. The summed E-state index contributed by atoms with van der Waals surface area (Å²) in [4.78, 5) is 0. The number of aryl methyl sites for hydroxylation is 1. The van der Waals surface area contributed by atoms with Gasteiger partial charge in [0, 0.05) is 5.02 Å². The molecule has 0 amide bonds. The van der Waals surface area contributed by atoms with E-state index < -0.39 is 0 Å². The minimum atomic E-state index is 0.237. The molecule has 1 N–H and O–H groups in total. The highest BCUT2D eigenvalue weighted by Crippen LogP contribution is 2.56. The lowest BCUT2D eigenvalue weighted by Gasteiger charge is -2.06. The normalized spacial score (nSPS) is 20.9. The molecule has 1 saturated carbocycles. The molecule has 3 rings (SSSR count). The Balaban J connectivity index is 1.80. The molecule has 0 aliphatic heterocycles. The van der Waals surface area contributed by atoms with Crippen LogP contribution in [0.2, 0.25) is 5.02 Å². The van der Waals surface area contributed by atoms with Gasteiger partial charge in [-0.2, -0.15) is 0 Å². The van der Waals surface area contributed by atoms with Gasteiger partial charge in [-0.1, -0.05) is 55.3 Å². The molecule has 1 fully saturated rings. The predicted octanol–water partition coefficient (Wildman–Crippen LogP) is 5.27. The van der Waals surface area contributed by atoms with Gasteiger partial charge in [0.1, 0.15) is 5.75 Å². The maximum absolute atomic E-state index is 9.43. The van der Waals surface area contributed by atoms with Crippen molar-refractivity contribution in [1.29, 1.82) is 0 Å². The Morgan fingerprint density at radius 2 is 2.00 bits per heavy atom. The van der Waals surface area contributed by atoms with Crippen LogP contribution < -0.4 is 0 Å². The molecule has 0 radical (unpaired) electrons. The zero-order valence-corrected chi connectivity index (χ0v) is 12.4. The molecule has 20 heavy (non-hydrogen) atoms. The Morgan fingerprint density at radius 3 is 2.75 bits per heavy atom. The maximum atomic E-state index is 9.43. The molecule has 2 heteroatoms. The highest BCUT2D eigenvalue weighted by Gasteiger charge is 2.40. The van der Waals surface area contributed by atoms with Gasteiger partial charge in [0.25, 0.3) is 0 Å². The Bertz CT molecular complexity index is 621. The standard InChI is InChI=1S/C18H19ClO/c1-2-4-12-5-3-6-13(9-12)16-11-17(16)15-8-7-14(20)10-18(15)19/h3,5-10,16-17,20H,2,4,11H2,1H3. The highest BCUT2D eigenvalue weighted by molar-refractivity contribution is 6.31. The number of phenols is 1. The molecule has 1 aliphatic carbocycles. The van der Waals surface area contributed by atoms with E-state index >= 15 is 0 Å². The molecule has 104 valence electrons. The van der Waals surface area contributed by atoms with E-state index in [2.05, 4.69) is 31.2 Å². The van der Waals surface area contributed by atoms with Crippen LogP contribution in [0.4, 0.5) is 0 Å². The van der Waals surface area contributed by atoms with Crippen LogP contribution >= 0.6 is 11.6 Å². The van der Waals surface area contributed by atoms with Gasteiger partial charge in [-0.3, -0.25) is 0 Å². The lowest BCUT2D eigenvalue weighted by atomic mass is 10.0. The van der Waals surface area contributed by atoms with Crippen LogP contribution in [0.25, 0.3) is 0 Å². The summed E-state index contributed by atoms with van der Waals surface area (Å²) in [6.45, 7) is 2.21. The lowest BCUT2D eigenvalue weighted by Crippen LogP contribution is -1.89.